The summed E-state index contributed by atoms with van der Waals surface area (Å²) < 4.78 is 54.6. The average molecular weight is 475 g/mol. The highest BCUT2D eigenvalue weighted by molar-refractivity contribution is 6.37. The number of imide groups is 1. The Morgan fingerprint density at radius 2 is 1.64 bits per heavy atom. The van der Waals surface area contributed by atoms with E-state index in [9.17, 15) is 27.2 Å². The first kappa shape index (κ1) is 21.1. The van der Waals surface area contributed by atoms with Crippen LogP contribution in [0, 0.1) is 12.7 Å². The number of halogens is 5. The summed E-state index contributed by atoms with van der Waals surface area (Å²) in [6.07, 6.45) is -3.59. The van der Waals surface area contributed by atoms with Crippen LogP contribution in [0.15, 0.2) is 48.7 Å². The molecule has 0 unspecified atom stereocenters. The number of benzene rings is 2. The zero-order valence-corrected chi connectivity index (χ0v) is 17.4. The second-order valence-electron chi connectivity index (χ2n) is 7.33. The van der Waals surface area contributed by atoms with Gasteiger partial charge in [0.15, 0.2) is 5.65 Å². The highest BCUT2D eigenvalue weighted by Crippen LogP contribution is 2.40. The number of nitrogens with zero attached hydrogens (tertiary/aromatic N) is 4. The van der Waals surface area contributed by atoms with Gasteiger partial charge in [-0.2, -0.15) is 18.3 Å². The molecule has 0 atom stereocenters. The number of alkyl halides is 3. The number of hydrogen-bond donors (Lipinski definition) is 0. The van der Waals surface area contributed by atoms with Crippen molar-refractivity contribution in [2.75, 3.05) is 4.90 Å². The molecule has 2 aromatic carbocycles. The van der Waals surface area contributed by atoms with Crippen molar-refractivity contribution >= 4 is 40.1 Å². The quantitative estimate of drug-likeness (QED) is 0.290. The van der Waals surface area contributed by atoms with Gasteiger partial charge in [-0.1, -0.05) is 11.6 Å². The topological polar surface area (TPSA) is 68.1 Å². The number of rotatable bonds is 2. The smallest absolute Gasteiger partial charge is 0.268 e. The van der Waals surface area contributed by atoms with Crippen molar-refractivity contribution in [2.24, 2.45) is 0 Å². The normalized spacial score (nSPS) is 13.8. The van der Waals surface area contributed by atoms with Gasteiger partial charge in [0.2, 0.25) is 0 Å². The molecule has 1 aliphatic rings. The third kappa shape index (κ3) is 3.17. The Morgan fingerprint density at radius 1 is 0.970 bits per heavy atom. The Labute approximate surface area is 188 Å². The predicted octanol–water partition coefficient (Wildman–Crippen LogP) is 5.34. The Bertz CT molecular complexity index is 1480. The van der Waals surface area contributed by atoms with Crippen LogP contribution in [0.5, 0.6) is 0 Å². The van der Waals surface area contributed by atoms with Crippen LogP contribution in [0.4, 0.5) is 23.2 Å². The second kappa shape index (κ2) is 7.11. The lowest BCUT2D eigenvalue weighted by Crippen LogP contribution is -2.29. The molecule has 11 heteroatoms. The van der Waals surface area contributed by atoms with E-state index >= 15 is 0 Å². The van der Waals surface area contributed by atoms with Crippen LogP contribution in [0.2, 0.25) is 5.02 Å². The molecule has 2 amide bonds. The molecular weight excluding hydrogens is 464 g/mol. The van der Waals surface area contributed by atoms with Crippen molar-refractivity contribution in [1.82, 2.24) is 14.8 Å². The number of aromatic nitrogens is 3. The lowest BCUT2D eigenvalue weighted by molar-refractivity contribution is -0.137. The number of fused-ring (bicyclic) bond motifs is 3. The fraction of sp³-hybridized carbons (Fsp3) is 0.0909. The van der Waals surface area contributed by atoms with E-state index in [1.165, 1.54) is 41.2 Å². The molecule has 5 rings (SSSR count). The molecule has 166 valence electrons. The maximum atomic E-state index is 13.3. The molecule has 3 heterocycles. The molecule has 0 N–H and O–H groups in total. The van der Waals surface area contributed by atoms with Gasteiger partial charge in [-0.25, -0.2) is 19.0 Å². The molecule has 1 aliphatic heterocycles. The molecule has 6 nitrogen and oxygen atoms in total. The minimum absolute atomic E-state index is 0.0145. The molecule has 4 aromatic rings. The summed E-state index contributed by atoms with van der Waals surface area (Å²) in [6.45, 7) is 1.61. The summed E-state index contributed by atoms with van der Waals surface area (Å²) in [4.78, 5) is 31.2. The van der Waals surface area contributed by atoms with E-state index < -0.39 is 34.4 Å². The first-order valence-electron chi connectivity index (χ1n) is 9.47. The van der Waals surface area contributed by atoms with E-state index in [0.29, 0.717) is 22.3 Å². The summed E-state index contributed by atoms with van der Waals surface area (Å²) >= 11 is 5.67. The summed E-state index contributed by atoms with van der Waals surface area (Å²) in [5, 5.41) is 4.09. The van der Waals surface area contributed by atoms with E-state index in [0.717, 1.165) is 6.07 Å². The summed E-state index contributed by atoms with van der Waals surface area (Å²) in [6, 6.07) is 8.22. The number of carbonyl (C=O) groups excluding carboxylic acids is 2. The molecule has 0 aliphatic carbocycles. The SMILES string of the molecule is Cc1nn(-c2ccc(F)cc2)c2ncc3c(c12)C(=O)N(c1ccc(Cl)c(C(F)(F)F)c1)C3=O. The molecule has 2 aromatic heterocycles. The van der Waals surface area contributed by atoms with E-state index in [1.807, 2.05) is 0 Å². The summed E-state index contributed by atoms with van der Waals surface area (Å²) in [7, 11) is 0. The number of carbonyl (C=O) groups is 2. The van der Waals surface area contributed by atoms with E-state index in [4.69, 9.17) is 11.6 Å². The van der Waals surface area contributed by atoms with Gasteiger partial charge < -0.3 is 0 Å². The third-order valence-electron chi connectivity index (χ3n) is 5.31. The van der Waals surface area contributed by atoms with Crippen LogP contribution in [0.1, 0.15) is 32.0 Å². The number of amides is 2. The average Bonchev–Trinajstić information content (AvgIpc) is 3.22. The third-order valence-corrected chi connectivity index (χ3v) is 5.64. The van der Waals surface area contributed by atoms with Gasteiger partial charge in [-0.15, -0.1) is 0 Å². The van der Waals surface area contributed by atoms with Gasteiger partial charge in [-0.3, -0.25) is 9.59 Å². The van der Waals surface area contributed by atoms with Crippen LogP contribution in [0.3, 0.4) is 0 Å². The highest BCUT2D eigenvalue weighted by Gasteiger charge is 2.41. The Morgan fingerprint density at radius 3 is 2.30 bits per heavy atom. The number of anilines is 1. The lowest BCUT2D eigenvalue weighted by atomic mass is 10.1. The van der Waals surface area contributed by atoms with Crippen LogP contribution in [-0.2, 0) is 6.18 Å². The number of aryl methyl sites for hydroxylation is 1. The van der Waals surface area contributed by atoms with Crippen molar-refractivity contribution in [3.8, 4) is 5.69 Å². The van der Waals surface area contributed by atoms with Gasteiger partial charge in [-0.05, 0) is 49.4 Å². The van der Waals surface area contributed by atoms with Crippen molar-refractivity contribution < 1.29 is 27.2 Å². The van der Waals surface area contributed by atoms with E-state index in [1.54, 1.807) is 6.92 Å². The molecule has 0 saturated carbocycles. The zero-order chi connectivity index (χ0) is 23.7. The molecule has 0 spiro atoms. The monoisotopic (exact) mass is 474 g/mol. The van der Waals surface area contributed by atoms with Crippen LogP contribution >= 0.6 is 11.6 Å². The molecule has 0 bridgehead atoms. The maximum Gasteiger partial charge on any atom is 0.417 e. The second-order valence-corrected chi connectivity index (χ2v) is 7.73. The van der Waals surface area contributed by atoms with Gasteiger partial charge in [0.05, 0.1) is 44.2 Å². The molecule has 33 heavy (non-hydrogen) atoms. The van der Waals surface area contributed by atoms with Gasteiger partial charge in [0, 0.05) is 6.20 Å². The fourth-order valence-electron chi connectivity index (χ4n) is 3.83. The Kier molecular flexibility index (Phi) is 4.54. The van der Waals surface area contributed by atoms with Crippen LogP contribution in [0.25, 0.3) is 16.7 Å². The van der Waals surface area contributed by atoms with Gasteiger partial charge in [0.1, 0.15) is 5.82 Å². The molecule has 0 radical (unpaired) electrons. The van der Waals surface area contributed by atoms with E-state index in [2.05, 4.69) is 10.1 Å². The molecule has 0 fully saturated rings. The highest BCUT2D eigenvalue weighted by atomic mass is 35.5. The van der Waals surface area contributed by atoms with Crippen molar-refractivity contribution in [2.45, 2.75) is 13.1 Å². The summed E-state index contributed by atoms with van der Waals surface area (Å²) in [5.74, 6) is -2.06. The number of hydrogen-bond acceptors (Lipinski definition) is 4. The zero-order valence-electron chi connectivity index (χ0n) is 16.6. The molecule has 0 saturated heterocycles. The first-order valence-corrected chi connectivity index (χ1v) is 9.85. The number of pyridine rings is 1. The first-order chi connectivity index (χ1) is 15.6. The van der Waals surface area contributed by atoms with Crippen molar-refractivity contribution in [3.63, 3.8) is 0 Å². The fourth-order valence-corrected chi connectivity index (χ4v) is 4.05. The predicted molar refractivity (Wildman–Crippen MR) is 111 cm³/mol. The van der Waals surface area contributed by atoms with Crippen LogP contribution in [-0.4, -0.2) is 26.6 Å². The minimum Gasteiger partial charge on any atom is -0.268 e. The Balaban J connectivity index is 1.67. The van der Waals surface area contributed by atoms with Crippen LogP contribution < -0.4 is 4.90 Å². The largest absolute Gasteiger partial charge is 0.417 e. The van der Waals surface area contributed by atoms with Crippen molar-refractivity contribution in [3.05, 3.63) is 81.9 Å². The minimum atomic E-state index is -4.77. The van der Waals surface area contributed by atoms with Gasteiger partial charge >= 0.3 is 6.18 Å². The lowest BCUT2D eigenvalue weighted by Gasteiger charge is -2.17. The molecular formula is C22H11ClF4N4O2. The maximum absolute atomic E-state index is 13.3. The van der Waals surface area contributed by atoms with E-state index in [-0.39, 0.29) is 27.8 Å². The van der Waals surface area contributed by atoms with Gasteiger partial charge in [0.25, 0.3) is 11.8 Å². The van der Waals surface area contributed by atoms with Crippen molar-refractivity contribution in [1.29, 1.82) is 0 Å². The standard InChI is InChI=1S/C22H11ClF4N4O2/c1-10-17-18-14(9-28-19(17)31(29-10)12-4-2-11(24)3-5-12)20(32)30(21(18)33)13-6-7-16(23)15(8-13)22(25,26)27/h2-9H,1H3. The Hall–Kier alpha value is -3.79. The summed E-state index contributed by atoms with van der Waals surface area (Å²) in [5.41, 5.74) is -0.418.